The van der Waals surface area contributed by atoms with E-state index in [1.807, 2.05) is 11.8 Å². The molecular formula is C12H20BrNOS. The van der Waals surface area contributed by atoms with Crippen LogP contribution < -0.4 is 0 Å². The Morgan fingerprint density at radius 3 is 2.94 bits per heavy atom. The zero-order valence-corrected chi connectivity index (χ0v) is 12.1. The second-order valence-electron chi connectivity index (χ2n) is 4.77. The molecule has 2 heterocycles. The van der Waals surface area contributed by atoms with E-state index < -0.39 is 0 Å². The van der Waals surface area contributed by atoms with Crippen molar-refractivity contribution < 1.29 is 4.79 Å². The number of halogens is 1. The Bertz CT molecular complexity index is 243. The second kappa shape index (κ2) is 6.29. The van der Waals surface area contributed by atoms with Gasteiger partial charge in [0.2, 0.25) is 5.91 Å². The average molecular weight is 306 g/mol. The van der Waals surface area contributed by atoms with E-state index in [0.29, 0.717) is 5.91 Å². The molecule has 2 rings (SSSR count). The Labute approximate surface area is 111 Å². The highest BCUT2D eigenvalue weighted by Crippen LogP contribution is 2.29. The molecule has 2 saturated heterocycles. The minimum Gasteiger partial charge on any atom is -0.341 e. The normalized spacial score (nSPS) is 30.7. The lowest BCUT2D eigenvalue weighted by Crippen LogP contribution is -2.37. The Morgan fingerprint density at radius 1 is 1.38 bits per heavy atom. The van der Waals surface area contributed by atoms with E-state index in [9.17, 15) is 4.79 Å². The highest BCUT2D eigenvalue weighted by Gasteiger charge is 2.31. The number of carbonyl (C=O) groups is 1. The molecule has 2 aliphatic heterocycles. The van der Waals surface area contributed by atoms with Crippen LogP contribution in [0.25, 0.3) is 0 Å². The van der Waals surface area contributed by atoms with Crippen LogP contribution in [0.2, 0.25) is 0 Å². The van der Waals surface area contributed by atoms with Gasteiger partial charge < -0.3 is 4.90 Å². The van der Waals surface area contributed by atoms with Gasteiger partial charge in [-0.25, -0.2) is 0 Å². The lowest BCUT2D eigenvalue weighted by atomic mass is 10.1. The molecule has 0 bridgehead atoms. The SMILES string of the molecule is O=C(C1CCCCS1)N1CCC(CCBr)C1. The maximum atomic E-state index is 12.2. The zero-order valence-electron chi connectivity index (χ0n) is 9.66. The number of carbonyl (C=O) groups excluding carboxylic acids is 1. The van der Waals surface area contributed by atoms with E-state index in [-0.39, 0.29) is 5.25 Å². The van der Waals surface area contributed by atoms with Crippen LogP contribution in [-0.4, -0.2) is 40.2 Å². The van der Waals surface area contributed by atoms with Crippen molar-refractivity contribution in [2.45, 2.75) is 37.4 Å². The zero-order chi connectivity index (χ0) is 11.4. The van der Waals surface area contributed by atoms with Gasteiger partial charge in [0.25, 0.3) is 0 Å². The number of alkyl halides is 1. The lowest BCUT2D eigenvalue weighted by molar-refractivity contribution is -0.129. The van der Waals surface area contributed by atoms with Crippen LogP contribution in [0.3, 0.4) is 0 Å². The molecule has 0 aromatic heterocycles. The monoisotopic (exact) mass is 305 g/mol. The first-order valence-electron chi connectivity index (χ1n) is 6.27. The third kappa shape index (κ3) is 3.16. The van der Waals surface area contributed by atoms with Gasteiger partial charge in [0.15, 0.2) is 0 Å². The van der Waals surface area contributed by atoms with Crippen molar-refractivity contribution in [1.82, 2.24) is 4.90 Å². The van der Waals surface area contributed by atoms with Gasteiger partial charge in [0.05, 0.1) is 5.25 Å². The number of hydrogen-bond acceptors (Lipinski definition) is 2. The molecule has 0 saturated carbocycles. The molecule has 0 radical (unpaired) electrons. The van der Waals surface area contributed by atoms with E-state index in [2.05, 4.69) is 20.8 Å². The van der Waals surface area contributed by atoms with Crippen molar-refractivity contribution in [3.05, 3.63) is 0 Å². The minimum atomic E-state index is 0.275. The molecule has 1 amide bonds. The van der Waals surface area contributed by atoms with Gasteiger partial charge in [0.1, 0.15) is 0 Å². The first-order chi connectivity index (χ1) is 7.81. The van der Waals surface area contributed by atoms with Gasteiger partial charge >= 0.3 is 0 Å². The van der Waals surface area contributed by atoms with Crippen LogP contribution in [0, 0.1) is 5.92 Å². The number of nitrogens with zero attached hydrogens (tertiary/aromatic N) is 1. The molecule has 92 valence electrons. The van der Waals surface area contributed by atoms with Gasteiger partial charge in [-0.05, 0) is 37.4 Å². The molecule has 0 aliphatic carbocycles. The summed E-state index contributed by atoms with van der Waals surface area (Å²) in [5.74, 6) is 2.33. The third-order valence-electron chi connectivity index (χ3n) is 3.57. The summed E-state index contributed by atoms with van der Waals surface area (Å²) in [6.07, 6.45) is 6.04. The molecule has 0 aromatic rings. The Kier molecular flexibility index (Phi) is 5.01. The maximum absolute atomic E-state index is 12.2. The summed E-state index contributed by atoms with van der Waals surface area (Å²) in [7, 11) is 0. The van der Waals surface area contributed by atoms with Crippen LogP contribution in [0.4, 0.5) is 0 Å². The number of rotatable bonds is 3. The largest absolute Gasteiger partial charge is 0.341 e. The fraction of sp³-hybridized carbons (Fsp3) is 0.917. The van der Waals surface area contributed by atoms with E-state index >= 15 is 0 Å². The smallest absolute Gasteiger partial charge is 0.235 e. The van der Waals surface area contributed by atoms with Gasteiger partial charge in [0, 0.05) is 18.4 Å². The van der Waals surface area contributed by atoms with Gasteiger partial charge in [-0.2, -0.15) is 0 Å². The second-order valence-corrected chi connectivity index (χ2v) is 6.88. The third-order valence-corrected chi connectivity index (χ3v) is 5.39. The number of hydrogen-bond donors (Lipinski definition) is 0. The first-order valence-corrected chi connectivity index (χ1v) is 8.44. The summed E-state index contributed by atoms with van der Waals surface area (Å²) in [5.41, 5.74) is 0. The maximum Gasteiger partial charge on any atom is 0.235 e. The highest BCUT2D eigenvalue weighted by molar-refractivity contribution is 9.09. The molecular weight excluding hydrogens is 286 g/mol. The molecule has 2 aliphatic rings. The molecule has 4 heteroatoms. The van der Waals surface area contributed by atoms with Crippen molar-refractivity contribution in [2.24, 2.45) is 5.92 Å². The standard InChI is InChI=1S/C12H20BrNOS/c13-6-4-10-5-7-14(9-10)12(15)11-3-1-2-8-16-11/h10-11H,1-9H2. The van der Waals surface area contributed by atoms with Crippen molar-refractivity contribution in [1.29, 1.82) is 0 Å². The summed E-state index contributed by atoms with van der Waals surface area (Å²) < 4.78 is 0. The van der Waals surface area contributed by atoms with E-state index in [1.54, 1.807) is 0 Å². The molecule has 2 unspecified atom stereocenters. The minimum absolute atomic E-state index is 0.275. The van der Waals surface area contributed by atoms with Crippen molar-refractivity contribution in [2.75, 3.05) is 24.2 Å². The lowest BCUT2D eigenvalue weighted by Gasteiger charge is -2.25. The Hall–Kier alpha value is 0.300. The van der Waals surface area contributed by atoms with Crippen LogP contribution in [0.5, 0.6) is 0 Å². The summed E-state index contributed by atoms with van der Waals surface area (Å²) >= 11 is 5.36. The van der Waals surface area contributed by atoms with Crippen LogP contribution in [-0.2, 0) is 4.79 Å². The summed E-state index contributed by atoms with van der Waals surface area (Å²) in [6, 6.07) is 0. The number of thioether (sulfide) groups is 1. The molecule has 2 fully saturated rings. The molecule has 0 spiro atoms. The van der Waals surface area contributed by atoms with Crippen molar-refractivity contribution >= 4 is 33.6 Å². The van der Waals surface area contributed by atoms with Crippen LogP contribution in [0.1, 0.15) is 32.1 Å². The average Bonchev–Trinajstić information content (AvgIpc) is 2.78. The fourth-order valence-corrected chi connectivity index (χ4v) is 4.49. The summed E-state index contributed by atoms with van der Waals surface area (Å²) in [6.45, 7) is 2.00. The Balaban J connectivity index is 1.81. The molecule has 0 N–H and O–H groups in total. The topological polar surface area (TPSA) is 20.3 Å². The highest BCUT2D eigenvalue weighted by atomic mass is 79.9. The van der Waals surface area contributed by atoms with Crippen LogP contribution >= 0.6 is 27.7 Å². The van der Waals surface area contributed by atoms with Crippen molar-refractivity contribution in [3.63, 3.8) is 0 Å². The predicted molar refractivity (Wildman–Crippen MR) is 73.2 cm³/mol. The van der Waals surface area contributed by atoms with E-state index in [1.165, 1.54) is 31.4 Å². The first kappa shape index (κ1) is 12.7. The molecule has 0 aromatic carbocycles. The summed E-state index contributed by atoms with van der Waals surface area (Å²) in [5, 5.41) is 1.34. The van der Waals surface area contributed by atoms with Crippen molar-refractivity contribution in [3.8, 4) is 0 Å². The summed E-state index contributed by atoms with van der Waals surface area (Å²) in [4.78, 5) is 14.4. The van der Waals surface area contributed by atoms with E-state index in [0.717, 1.165) is 30.8 Å². The van der Waals surface area contributed by atoms with Gasteiger partial charge in [-0.15, -0.1) is 11.8 Å². The molecule has 2 nitrogen and oxygen atoms in total. The predicted octanol–water partition coefficient (Wildman–Crippen LogP) is 2.91. The van der Waals surface area contributed by atoms with Crippen LogP contribution in [0.15, 0.2) is 0 Å². The fourth-order valence-electron chi connectivity index (χ4n) is 2.56. The quantitative estimate of drug-likeness (QED) is 0.747. The van der Waals surface area contributed by atoms with E-state index in [4.69, 9.17) is 0 Å². The number of likely N-dealkylation sites (tertiary alicyclic amines) is 1. The van der Waals surface area contributed by atoms with Gasteiger partial charge in [-0.1, -0.05) is 22.4 Å². The Morgan fingerprint density at radius 2 is 2.25 bits per heavy atom. The van der Waals surface area contributed by atoms with Gasteiger partial charge in [-0.3, -0.25) is 4.79 Å². The molecule has 2 atom stereocenters. The number of amides is 1. The molecule has 16 heavy (non-hydrogen) atoms.